The van der Waals surface area contributed by atoms with Crippen LogP contribution < -0.4 is 0 Å². The molecule has 12 heteroatoms. The highest BCUT2D eigenvalue weighted by Gasteiger charge is 2.53. The summed E-state index contributed by atoms with van der Waals surface area (Å²) in [5.74, 6) is -4.42. The molecule has 2 aliphatic carbocycles. The number of ether oxygens (including phenoxy) is 3. The largest absolute Gasteiger partial charge is 0.507 e. The van der Waals surface area contributed by atoms with Crippen LogP contribution in [0.4, 0.5) is 0 Å². The molecule has 2 aromatic rings. The topological polar surface area (TPSA) is 163 Å². The van der Waals surface area contributed by atoms with Gasteiger partial charge in [-0.2, -0.15) is 0 Å². The molecule has 0 spiro atoms. The van der Waals surface area contributed by atoms with Crippen molar-refractivity contribution in [2.24, 2.45) is 0 Å². The molecule has 4 N–H and O–H groups in total. The van der Waals surface area contributed by atoms with E-state index in [2.05, 4.69) is 0 Å². The number of nitrogens with zero attached hydrogens (tertiary/aromatic N) is 1. The fourth-order valence-electron chi connectivity index (χ4n) is 6.50. The van der Waals surface area contributed by atoms with Crippen LogP contribution in [0, 0.1) is 0 Å². The molecular formula is C30H36ClNO10. The Bertz CT molecular complexity index is 1430. The normalized spacial score (nSPS) is 30.2. The number of fused-ring (bicyclic) bond motifs is 3. The number of carbonyl (C=O) groups is 3. The first-order valence-electron chi connectivity index (χ1n) is 13.6. The lowest BCUT2D eigenvalue weighted by atomic mass is 9.67. The van der Waals surface area contributed by atoms with Crippen molar-refractivity contribution < 1.29 is 49.0 Å². The van der Waals surface area contributed by atoms with Gasteiger partial charge in [-0.25, -0.2) is 0 Å². The molecule has 0 aromatic heterocycles. The van der Waals surface area contributed by atoms with Crippen LogP contribution in [0.5, 0.6) is 11.5 Å². The molecular weight excluding hydrogens is 570 g/mol. The van der Waals surface area contributed by atoms with Crippen LogP contribution in [-0.4, -0.2) is 94.2 Å². The molecule has 1 heterocycles. The summed E-state index contributed by atoms with van der Waals surface area (Å²) < 4.78 is 17.3. The van der Waals surface area contributed by atoms with Crippen LogP contribution in [0.25, 0.3) is 0 Å². The lowest BCUT2D eigenvalue weighted by molar-refractivity contribution is -0.258. The summed E-state index contributed by atoms with van der Waals surface area (Å²) >= 11 is 0. The maximum absolute atomic E-state index is 13.6. The molecule has 5 unspecified atom stereocenters. The number of aliphatic hydroxyl groups is 2. The van der Waals surface area contributed by atoms with Crippen molar-refractivity contribution in [2.45, 2.75) is 75.3 Å². The summed E-state index contributed by atoms with van der Waals surface area (Å²) in [7, 11) is 4.82. The molecule has 11 nitrogen and oxygen atoms in total. The average Bonchev–Trinajstić information content (AvgIpc) is 2.92. The fraction of sp³-hybridized carbons (Fsp3) is 0.500. The molecule has 1 fully saturated rings. The van der Waals surface area contributed by atoms with Gasteiger partial charge in [0.2, 0.25) is 5.78 Å². The number of phenols is 2. The molecule has 0 saturated carbocycles. The van der Waals surface area contributed by atoms with Gasteiger partial charge in [-0.3, -0.25) is 14.4 Å². The Hall–Kier alpha value is -3.06. The number of benzene rings is 2. The van der Waals surface area contributed by atoms with E-state index in [1.807, 2.05) is 19.0 Å². The maximum Gasteiger partial charge on any atom is 0.316 e. The number of hydrogen-bond donors (Lipinski definition) is 4. The maximum atomic E-state index is 13.6. The van der Waals surface area contributed by atoms with Gasteiger partial charge in [0, 0.05) is 35.6 Å². The van der Waals surface area contributed by atoms with Crippen LogP contribution in [-0.2, 0) is 19.0 Å². The number of hydrogen-bond acceptors (Lipinski definition) is 11. The van der Waals surface area contributed by atoms with E-state index < -0.39 is 65.2 Å². The minimum Gasteiger partial charge on any atom is -0.507 e. The van der Waals surface area contributed by atoms with E-state index in [0.717, 1.165) is 0 Å². The van der Waals surface area contributed by atoms with Crippen molar-refractivity contribution >= 4 is 29.9 Å². The summed E-state index contributed by atoms with van der Waals surface area (Å²) in [4.78, 5) is 42.1. The van der Waals surface area contributed by atoms with E-state index in [4.69, 9.17) is 14.2 Å². The van der Waals surface area contributed by atoms with E-state index in [1.165, 1.54) is 31.4 Å². The Balaban J connectivity index is 0.00000405. The molecule has 7 atom stereocenters. The second-order valence-electron chi connectivity index (χ2n) is 11.3. The number of halogens is 1. The third-order valence-corrected chi connectivity index (χ3v) is 8.77. The minimum atomic E-state index is -1.69. The van der Waals surface area contributed by atoms with Crippen molar-refractivity contribution in [3.8, 4) is 11.5 Å². The van der Waals surface area contributed by atoms with Crippen LogP contribution in [0.15, 0.2) is 24.3 Å². The first-order valence-corrected chi connectivity index (χ1v) is 13.6. The van der Waals surface area contributed by atoms with Crippen molar-refractivity contribution in [1.82, 2.24) is 4.90 Å². The predicted molar refractivity (Wildman–Crippen MR) is 151 cm³/mol. The molecule has 1 aliphatic heterocycles. The Morgan fingerprint density at radius 2 is 1.83 bits per heavy atom. The van der Waals surface area contributed by atoms with Crippen LogP contribution in [0.3, 0.4) is 0 Å². The third-order valence-electron chi connectivity index (χ3n) is 8.77. The number of rotatable bonds is 5. The van der Waals surface area contributed by atoms with Gasteiger partial charge >= 0.3 is 5.97 Å². The summed E-state index contributed by atoms with van der Waals surface area (Å²) in [6, 6.07) is 5.14. The second kappa shape index (κ2) is 11.6. The molecule has 2 aromatic carbocycles. The minimum absolute atomic E-state index is 0. The number of aromatic hydroxyl groups is 2. The quantitative estimate of drug-likeness (QED) is 0.316. The Morgan fingerprint density at radius 1 is 1.14 bits per heavy atom. The number of aliphatic hydroxyl groups excluding tert-OH is 1. The highest BCUT2D eigenvalue weighted by molar-refractivity contribution is 6.30. The molecule has 0 radical (unpaired) electrons. The van der Waals surface area contributed by atoms with Crippen molar-refractivity contribution in [2.75, 3.05) is 21.2 Å². The summed E-state index contributed by atoms with van der Waals surface area (Å²) in [6.07, 6.45) is -3.09. The zero-order chi connectivity index (χ0) is 30.0. The van der Waals surface area contributed by atoms with Crippen LogP contribution >= 0.6 is 12.4 Å². The van der Waals surface area contributed by atoms with Gasteiger partial charge in [-0.15, -0.1) is 12.4 Å². The molecule has 0 amide bonds. The van der Waals surface area contributed by atoms with Crippen molar-refractivity contribution in [3.05, 3.63) is 57.6 Å². The highest BCUT2D eigenvalue weighted by Crippen LogP contribution is 2.54. The molecule has 1 saturated heterocycles. The van der Waals surface area contributed by atoms with E-state index in [-0.39, 0.29) is 71.1 Å². The average molecular weight is 606 g/mol. The van der Waals surface area contributed by atoms with E-state index in [9.17, 15) is 34.8 Å². The fourth-order valence-corrected chi connectivity index (χ4v) is 6.50. The standard InChI is InChI=1S/C30H35NO10.ClH/c1-6-30(38)12-19(41-20-11-17(31(3)4)25(33)13(2)40-20)22-15(24(30)29(37)39-5)10-16-23(28(22)36)27(35)21-14(26(16)34)8-7-9-18(21)32;/h7-10,13,17,19-20,24-25,32-33,36,38H,6,11-12H2,1-5H3;1H/t13?,17?,19?,20?,24-,25?,30+;/m0./s1. The number of carbonyl (C=O) groups excluding carboxylic acids is 3. The van der Waals surface area contributed by atoms with Crippen molar-refractivity contribution in [3.63, 3.8) is 0 Å². The Kier molecular flexibility index (Phi) is 8.77. The van der Waals surface area contributed by atoms with E-state index in [0.29, 0.717) is 0 Å². The lowest BCUT2D eigenvalue weighted by Gasteiger charge is -2.46. The molecule has 228 valence electrons. The predicted octanol–water partition coefficient (Wildman–Crippen LogP) is 2.58. The SMILES string of the molecule is CC[C@@]1(O)CC(OC2CC(N(C)C)C(O)C(C)O2)c2c(cc3c(c2O)C(=O)c2c(O)cccc2C3=O)[C@H]1C(=O)OC.Cl. The van der Waals surface area contributed by atoms with E-state index in [1.54, 1.807) is 13.8 Å². The number of phenolic OH excluding ortho intramolecular Hbond substituents is 2. The molecule has 42 heavy (non-hydrogen) atoms. The van der Waals surface area contributed by atoms with Gasteiger partial charge in [-0.1, -0.05) is 19.1 Å². The first-order chi connectivity index (χ1) is 19.3. The smallest absolute Gasteiger partial charge is 0.316 e. The summed E-state index contributed by atoms with van der Waals surface area (Å²) in [6.45, 7) is 3.41. The van der Waals surface area contributed by atoms with E-state index >= 15 is 0 Å². The number of likely N-dealkylation sites (N-methyl/N-ethyl adjacent to an activating group) is 1. The van der Waals surface area contributed by atoms with Gasteiger partial charge < -0.3 is 39.5 Å². The van der Waals surface area contributed by atoms with Crippen molar-refractivity contribution in [1.29, 1.82) is 0 Å². The van der Waals surface area contributed by atoms with Gasteiger partial charge in [0.25, 0.3) is 0 Å². The summed E-state index contributed by atoms with van der Waals surface area (Å²) in [5.41, 5.74) is -2.27. The monoisotopic (exact) mass is 605 g/mol. The zero-order valence-corrected chi connectivity index (χ0v) is 24.8. The number of ketones is 2. The van der Waals surface area contributed by atoms with Crippen LogP contribution in [0.2, 0.25) is 0 Å². The number of esters is 1. The second-order valence-corrected chi connectivity index (χ2v) is 11.3. The molecule has 3 aliphatic rings. The number of methoxy groups -OCH3 is 1. The summed E-state index contributed by atoms with van der Waals surface area (Å²) in [5, 5.41) is 44.5. The van der Waals surface area contributed by atoms with Gasteiger partial charge in [-0.05, 0) is 45.1 Å². The van der Waals surface area contributed by atoms with Gasteiger partial charge in [0.1, 0.15) is 17.4 Å². The third kappa shape index (κ3) is 4.87. The highest BCUT2D eigenvalue weighted by atomic mass is 35.5. The molecule has 0 bridgehead atoms. The Morgan fingerprint density at radius 3 is 2.45 bits per heavy atom. The van der Waals surface area contributed by atoms with Crippen LogP contribution in [0.1, 0.15) is 88.1 Å². The first kappa shape index (κ1) is 31.9. The zero-order valence-electron chi connectivity index (χ0n) is 24.0. The van der Waals surface area contributed by atoms with Gasteiger partial charge in [0.05, 0.1) is 42.1 Å². The molecule has 5 rings (SSSR count). The lowest BCUT2D eigenvalue weighted by Crippen LogP contribution is -2.54. The Labute approximate surface area is 249 Å². The van der Waals surface area contributed by atoms with Gasteiger partial charge in [0.15, 0.2) is 12.1 Å².